The molecule has 0 spiro atoms. The van der Waals surface area contributed by atoms with E-state index in [1.165, 1.54) is 29.7 Å². The van der Waals surface area contributed by atoms with Crippen LogP contribution in [0.25, 0.3) is 0 Å². The van der Waals surface area contributed by atoms with Gasteiger partial charge in [-0.3, -0.25) is 10.0 Å². The average molecular weight is 425 g/mol. The number of ether oxygens (including phenoxy) is 1. The molecular weight excluding hydrogens is 390 g/mol. The largest absolute Gasteiger partial charge is 0.733 e. The van der Waals surface area contributed by atoms with Gasteiger partial charge in [0.05, 0.1) is 11.1 Å². The molecule has 0 bridgehead atoms. The molecule has 2 fully saturated rings. The van der Waals surface area contributed by atoms with Crippen molar-refractivity contribution < 1.29 is 14.7 Å². The number of nitrogens with zero attached hydrogens (tertiary/aromatic N) is 1. The Bertz CT molecular complexity index is 912. The highest BCUT2D eigenvalue weighted by Crippen LogP contribution is 2.63. The number of hydrogen-bond donors (Lipinski definition) is 1. The fourth-order valence-electron chi connectivity index (χ4n) is 6.67. The minimum atomic E-state index is -0.518. The van der Waals surface area contributed by atoms with Crippen LogP contribution in [0.3, 0.4) is 0 Å². The van der Waals surface area contributed by atoms with Crippen LogP contribution in [0.15, 0.2) is 47.1 Å². The normalized spacial score (nSPS) is 32.5. The molecule has 0 heterocycles. The first-order valence-corrected chi connectivity index (χ1v) is 11.5. The van der Waals surface area contributed by atoms with Crippen LogP contribution in [0, 0.1) is 27.9 Å². The predicted octanol–water partition coefficient (Wildman–Crippen LogP) is 6.56. The van der Waals surface area contributed by atoms with Crippen LogP contribution < -0.4 is 9.96 Å². The van der Waals surface area contributed by atoms with E-state index in [2.05, 4.69) is 33.8 Å². The van der Waals surface area contributed by atoms with E-state index in [1.807, 2.05) is 0 Å². The lowest BCUT2D eigenvalue weighted by atomic mass is 9.46. The second kappa shape index (κ2) is 8.10. The van der Waals surface area contributed by atoms with E-state index in [0.717, 1.165) is 38.5 Å². The van der Waals surface area contributed by atoms with E-state index in [9.17, 15) is 10.0 Å². The molecule has 5 heteroatoms. The van der Waals surface area contributed by atoms with Gasteiger partial charge in [0.2, 0.25) is 0 Å². The number of anilines is 1. The molecule has 3 aliphatic rings. The van der Waals surface area contributed by atoms with Crippen molar-refractivity contribution in [3.05, 3.63) is 52.3 Å². The van der Waals surface area contributed by atoms with Gasteiger partial charge < -0.3 is 15.2 Å². The lowest BCUT2D eigenvalue weighted by Crippen LogP contribution is -2.54. The minimum absolute atomic E-state index is 0.107. The minimum Gasteiger partial charge on any atom is -0.733 e. The van der Waals surface area contributed by atoms with E-state index < -0.39 is 5.41 Å². The maximum atomic E-state index is 13.4. The van der Waals surface area contributed by atoms with Gasteiger partial charge in [0.15, 0.2) is 0 Å². The Kier molecular flexibility index (Phi) is 5.78. The number of esters is 1. The van der Waals surface area contributed by atoms with Gasteiger partial charge in [-0.25, -0.2) is 0 Å². The third-order valence-corrected chi connectivity index (χ3v) is 8.38. The van der Waals surface area contributed by atoms with Gasteiger partial charge in [-0.15, -0.1) is 0 Å². The van der Waals surface area contributed by atoms with Crippen LogP contribution in [-0.2, 0) is 4.79 Å². The molecule has 4 unspecified atom stereocenters. The Hall–Kier alpha value is -2.11. The maximum Gasteiger partial charge on any atom is 0.317 e. The number of allylic oxidation sites excluding steroid dienone is 4. The summed E-state index contributed by atoms with van der Waals surface area (Å²) in [5.74, 6) is 1.08. The highest BCUT2D eigenvalue weighted by atomic mass is 16.8. The standard InChI is InChI=1S/C26H34NO4/c1-17(2)18-6-12-22-19(16-18)7-13-23-25(22,3)14-5-15-26(23,4)24(28)31-21-10-8-20(9-11-21)27(29)30/h8-11,16,22-23,29H,5-7,12-15H2,1-4H3/q-1. The van der Waals surface area contributed by atoms with Crippen LogP contribution in [0.4, 0.5) is 5.69 Å². The summed E-state index contributed by atoms with van der Waals surface area (Å²) in [7, 11) is 0. The summed E-state index contributed by atoms with van der Waals surface area (Å²) in [6, 6.07) is 6.01. The van der Waals surface area contributed by atoms with E-state index in [0.29, 0.717) is 17.6 Å². The molecule has 4 rings (SSSR count). The first kappa shape index (κ1) is 22.1. The maximum absolute atomic E-state index is 13.4. The number of carbonyl (C=O) groups is 1. The van der Waals surface area contributed by atoms with Crippen molar-refractivity contribution in [1.82, 2.24) is 0 Å². The third kappa shape index (κ3) is 3.83. The monoisotopic (exact) mass is 424 g/mol. The second-order valence-electron chi connectivity index (χ2n) is 10.4. The summed E-state index contributed by atoms with van der Waals surface area (Å²) in [5, 5.41) is 19.8. The lowest BCUT2D eigenvalue weighted by molar-refractivity contribution is -0.161. The zero-order valence-electron chi connectivity index (χ0n) is 19.1. The van der Waals surface area contributed by atoms with Crippen molar-refractivity contribution in [2.24, 2.45) is 22.7 Å². The predicted molar refractivity (Wildman–Crippen MR) is 122 cm³/mol. The summed E-state index contributed by atoms with van der Waals surface area (Å²) in [6.07, 6.45) is 9.90. The van der Waals surface area contributed by atoms with Gasteiger partial charge in [0, 0.05) is 0 Å². The van der Waals surface area contributed by atoms with Crippen molar-refractivity contribution in [1.29, 1.82) is 0 Å². The molecule has 0 aliphatic heterocycles. The molecule has 3 aliphatic carbocycles. The molecule has 1 N–H and O–H groups in total. The lowest BCUT2D eigenvalue weighted by Gasteiger charge is -2.58. The van der Waals surface area contributed by atoms with Crippen LogP contribution in [0.5, 0.6) is 5.75 Å². The first-order valence-electron chi connectivity index (χ1n) is 11.5. The van der Waals surface area contributed by atoms with Crippen molar-refractivity contribution in [3.63, 3.8) is 0 Å². The fourth-order valence-corrected chi connectivity index (χ4v) is 6.67. The Labute approximate surface area is 185 Å². The molecular formula is C26H34NO4-. The highest BCUT2D eigenvalue weighted by molar-refractivity contribution is 5.79. The molecule has 168 valence electrons. The Morgan fingerprint density at radius 2 is 1.84 bits per heavy atom. The van der Waals surface area contributed by atoms with Gasteiger partial charge in [0.25, 0.3) is 0 Å². The van der Waals surface area contributed by atoms with Gasteiger partial charge in [-0.05, 0) is 106 Å². The second-order valence-corrected chi connectivity index (χ2v) is 10.4. The average Bonchev–Trinajstić information content (AvgIpc) is 2.73. The molecule has 2 saturated carbocycles. The summed E-state index contributed by atoms with van der Waals surface area (Å²) < 4.78 is 5.81. The van der Waals surface area contributed by atoms with E-state index in [4.69, 9.17) is 9.94 Å². The van der Waals surface area contributed by atoms with E-state index in [-0.39, 0.29) is 22.3 Å². The number of hydrogen-bond acceptors (Lipinski definition) is 5. The van der Waals surface area contributed by atoms with Crippen molar-refractivity contribution in [2.45, 2.75) is 72.6 Å². The zero-order valence-corrected chi connectivity index (χ0v) is 19.1. The Morgan fingerprint density at radius 3 is 2.48 bits per heavy atom. The Balaban J connectivity index is 1.58. The molecule has 31 heavy (non-hydrogen) atoms. The third-order valence-electron chi connectivity index (χ3n) is 8.38. The van der Waals surface area contributed by atoms with Gasteiger partial charge in [-0.2, -0.15) is 0 Å². The van der Waals surface area contributed by atoms with Gasteiger partial charge >= 0.3 is 5.97 Å². The number of rotatable bonds is 3. The quantitative estimate of drug-likeness (QED) is 0.338. The molecule has 1 aromatic carbocycles. The molecule has 5 nitrogen and oxygen atoms in total. The Morgan fingerprint density at radius 1 is 1.13 bits per heavy atom. The van der Waals surface area contributed by atoms with Crippen molar-refractivity contribution >= 4 is 11.7 Å². The van der Waals surface area contributed by atoms with Crippen LogP contribution in [0.1, 0.15) is 72.6 Å². The van der Waals surface area contributed by atoms with Crippen molar-refractivity contribution in [2.75, 3.05) is 5.23 Å². The topological polar surface area (TPSA) is 72.8 Å². The van der Waals surface area contributed by atoms with E-state index >= 15 is 0 Å². The molecule has 4 atom stereocenters. The zero-order chi connectivity index (χ0) is 22.4. The van der Waals surface area contributed by atoms with E-state index in [1.54, 1.807) is 17.7 Å². The van der Waals surface area contributed by atoms with Crippen LogP contribution >= 0.6 is 0 Å². The van der Waals surface area contributed by atoms with Gasteiger partial charge in [-0.1, -0.05) is 30.6 Å². The van der Waals surface area contributed by atoms with Crippen LogP contribution in [0.2, 0.25) is 0 Å². The number of carbonyl (C=O) groups excluding carboxylic acids is 1. The molecule has 0 aromatic heterocycles. The summed E-state index contributed by atoms with van der Waals surface area (Å²) in [5.41, 5.74) is 4.20. The van der Waals surface area contributed by atoms with Gasteiger partial charge in [0.1, 0.15) is 5.75 Å². The highest BCUT2D eigenvalue weighted by Gasteiger charge is 2.58. The summed E-state index contributed by atoms with van der Waals surface area (Å²) >= 11 is 0. The molecule has 0 amide bonds. The first-order chi connectivity index (χ1) is 14.6. The molecule has 1 aromatic rings. The number of fused-ring (bicyclic) bond motifs is 3. The SMILES string of the molecule is CC(C)=C1C=C2CCC3C(C)(C(=O)Oc4ccc(N([O-])O)cc4)CCCC3(C)C2CC1. The summed E-state index contributed by atoms with van der Waals surface area (Å²) in [4.78, 5) is 13.4. The van der Waals surface area contributed by atoms with Crippen LogP contribution in [-0.4, -0.2) is 11.2 Å². The molecule has 0 radical (unpaired) electrons. The molecule has 0 saturated heterocycles. The fraction of sp³-hybridized carbons (Fsp3) is 0.577. The number of benzene rings is 1. The smallest absolute Gasteiger partial charge is 0.317 e. The van der Waals surface area contributed by atoms with Crippen molar-refractivity contribution in [3.8, 4) is 5.75 Å². The summed E-state index contributed by atoms with van der Waals surface area (Å²) in [6.45, 7) is 8.91.